The third kappa shape index (κ3) is 5.67. The van der Waals surface area contributed by atoms with Gasteiger partial charge in [0.2, 0.25) is 16.1 Å². The Balaban J connectivity index is 1.75. The number of rotatable bonds is 9. The van der Waals surface area contributed by atoms with Gasteiger partial charge in [-0.2, -0.15) is 4.31 Å². The van der Waals surface area contributed by atoms with Crippen LogP contribution in [0, 0.1) is 17.5 Å². The van der Waals surface area contributed by atoms with Crippen molar-refractivity contribution < 1.29 is 41.0 Å². The van der Waals surface area contributed by atoms with Crippen LogP contribution in [0.3, 0.4) is 0 Å². The number of methoxy groups -OCH3 is 1. The van der Waals surface area contributed by atoms with Gasteiger partial charge in [-0.1, -0.05) is 12.1 Å². The number of carboxylic acids is 1. The number of carboxylic acid groups (broad SMARTS) is 1. The topological polar surface area (TPSA) is 93.1 Å². The van der Waals surface area contributed by atoms with Crippen molar-refractivity contribution in [3.8, 4) is 11.5 Å². The minimum absolute atomic E-state index is 0.0331. The van der Waals surface area contributed by atoms with E-state index in [0.29, 0.717) is 11.6 Å². The van der Waals surface area contributed by atoms with Crippen LogP contribution in [-0.4, -0.2) is 38.0 Å². The van der Waals surface area contributed by atoms with Gasteiger partial charge in [-0.15, -0.1) is 0 Å². The van der Waals surface area contributed by atoms with Gasteiger partial charge in [0.15, 0.2) is 11.6 Å². The Morgan fingerprint density at radius 2 is 1.65 bits per heavy atom. The lowest BCUT2D eigenvalue weighted by Crippen LogP contribution is -2.26. The Labute approximate surface area is 194 Å². The molecular formula is C23H20F3NO6S. The summed E-state index contributed by atoms with van der Waals surface area (Å²) in [5.41, 5.74) is 0.547. The SMILES string of the molecule is COc1cc(F)cc(C(Oc2ccc(CN(C)S(=O)(=O)c3ccc(F)c(F)c3)cc2)C(=O)O)c1. The minimum Gasteiger partial charge on any atom is -0.497 e. The fourth-order valence-electron chi connectivity index (χ4n) is 3.08. The molecule has 1 atom stereocenters. The van der Waals surface area contributed by atoms with Crippen molar-refractivity contribution in [3.05, 3.63) is 89.2 Å². The minimum atomic E-state index is -4.09. The van der Waals surface area contributed by atoms with Crippen LogP contribution >= 0.6 is 0 Å². The summed E-state index contributed by atoms with van der Waals surface area (Å²) in [6.45, 7) is -0.106. The van der Waals surface area contributed by atoms with Gasteiger partial charge in [-0.05, 0) is 48.0 Å². The van der Waals surface area contributed by atoms with Crippen LogP contribution in [0.5, 0.6) is 11.5 Å². The van der Waals surface area contributed by atoms with E-state index in [2.05, 4.69) is 0 Å². The van der Waals surface area contributed by atoms with E-state index in [1.165, 1.54) is 44.5 Å². The number of halogens is 3. The standard InChI is InChI=1S/C23H20F3NO6S/c1-27(34(30,31)19-7-8-20(25)21(26)12-19)13-14-3-5-17(6-4-14)33-22(23(28)29)15-9-16(24)11-18(10-15)32-2/h3-12,22H,13H2,1-2H3,(H,28,29). The van der Waals surface area contributed by atoms with Crippen LogP contribution in [0.4, 0.5) is 13.2 Å². The van der Waals surface area contributed by atoms with Gasteiger partial charge in [-0.25, -0.2) is 26.4 Å². The van der Waals surface area contributed by atoms with E-state index in [0.717, 1.165) is 28.6 Å². The first-order valence-electron chi connectivity index (χ1n) is 9.75. The Bertz CT molecular complexity index is 1300. The van der Waals surface area contributed by atoms with Gasteiger partial charge in [0.1, 0.15) is 17.3 Å². The summed E-state index contributed by atoms with van der Waals surface area (Å²) >= 11 is 0. The van der Waals surface area contributed by atoms with Crippen molar-refractivity contribution >= 4 is 16.0 Å². The van der Waals surface area contributed by atoms with Crippen molar-refractivity contribution in [2.45, 2.75) is 17.5 Å². The quantitative estimate of drug-likeness (QED) is 0.480. The molecule has 0 aliphatic rings. The highest BCUT2D eigenvalue weighted by atomic mass is 32.2. The van der Waals surface area contributed by atoms with Crippen LogP contribution in [-0.2, 0) is 21.4 Å². The van der Waals surface area contributed by atoms with E-state index in [9.17, 15) is 31.5 Å². The van der Waals surface area contributed by atoms with Crippen LogP contribution < -0.4 is 9.47 Å². The number of hydrogen-bond donors (Lipinski definition) is 1. The zero-order valence-electron chi connectivity index (χ0n) is 18.0. The number of sulfonamides is 1. The smallest absolute Gasteiger partial charge is 0.349 e. The van der Waals surface area contributed by atoms with Crippen molar-refractivity contribution in [2.24, 2.45) is 0 Å². The summed E-state index contributed by atoms with van der Waals surface area (Å²) in [4.78, 5) is 11.3. The molecule has 0 aliphatic heterocycles. The van der Waals surface area contributed by atoms with E-state index in [4.69, 9.17) is 9.47 Å². The predicted octanol–water partition coefficient (Wildman–Crippen LogP) is 4.14. The van der Waals surface area contributed by atoms with E-state index >= 15 is 0 Å². The van der Waals surface area contributed by atoms with E-state index < -0.39 is 44.4 Å². The molecule has 7 nitrogen and oxygen atoms in total. The maximum atomic E-state index is 13.8. The third-order valence-corrected chi connectivity index (χ3v) is 6.64. The number of carbonyl (C=O) groups is 1. The Kier molecular flexibility index (Phi) is 7.48. The first kappa shape index (κ1) is 25.1. The Morgan fingerprint density at radius 1 is 0.971 bits per heavy atom. The summed E-state index contributed by atoms with van der Waals surface area (Å²) in [5, 5.41) is 9.54. The molecule has 0 bridgehead atoms. The molecule has 1 unspecified atom stereocenters. The maximum absolute atomic E-state index is 13.8. The maximum Gasteiger partial charge on any atom is 0.349 e. The lowest BCUT2D eigenvalue weighted by Gasteiger charge is -2.19. The summed E-state index contributed by atoms with van der Waals surface area (Å²) < 4.78 is 77.0. The predicted molar refractivity (Wildman–Crippen MR) is 115 cm³/mol. The molecule has 3 aromatic carbocycles. The largest absolute Gasteiger partial charge is 0.497 e. The van der Waals surface area contributed by atoms with E-state index in [1.807, 2.05) is 0 Å². The molecule has 0 fully saturated rings. The van der Waals surface area contributed by atoms with Gasteiger partial charge in [0, 0.05) is 25.2 Å². The van der Waals surface area contributed by atoms with Gasteiger partial charge >= 0.3 is 5.97 Å². The Morgan fingerprint density at radius 3 is 2.24 bits per heavy atom. The molecule has 0 heterocycles. The van der Waals surface area contributed by atoms with Crippen molar-refractivity contribution in [1.29, 1.82) is 0 Å². The summed E-state index contributed by atoms with van der Waals surface area (Å²) in [5.74, 6) is -4.21. The first-order valence-corrected chi connectivity index (χ1v) is 11.2. The molecule has 0 spiro atoms. The van der Waals surface area contributed by atoms with E-state index in [1.54, 1.807) is 0 Å². The fraction of sp³-hybridized carbons (Fsp3) is 0.174. The lowest BCUT2D eigenvalue weighted by molar-refractivity contribution is -0.145. The second kappa shape index (κ2) is 10.1. The van der Waals surface area contributed by atoms with Crippen LogP contribution in [0.25, 0.3) is 0 Å². The lowest BCUT2D eigenvalue weighted by atomic mass is 10.1. The highest BCUT2D eigenvalue weighted by Gasteiger charge is 2.25. The highest BCUT2D eigenvalue weighted by Crippen LogP contribution is 2.27. The van der Waals surface area contributed by atoms with Crippen LogP contribution in [0.2, 0.25) is 0 Å². The average molecular weight is 495 g/mol. The molecule has 0 aromatic heterocycles. The number of benzene rings is 3. The molecule has 1 N–H and O–H groups in total. The van der Waals surface area contributed by atoms with Crippen molar-refractivity contribution in [1.82, 2.24) is 4.31 Å². The number of ether oxygens (including phenoxy) is 2. The summed E-state index contributed by atoms with van der Waals surface area (Å²) in [7, 11) is -1.50. The van der Waals surface area contributed by atoms with Gasteiger partial charge in [0.05, 0.1) is 12.0 Å². The normalized spacial score (nSPS) is 12.4. The molecule has 0 amide bonds. The molecule has 0 aliphatic carbocycles. The molecule has 0 saturated heterocycles. The van der Waals surface area contributed by atoms with Crippen molar-refractivity contribution in [3.63, 3.8) is 0 Å². The highest BCUT2D eigenvalue weighted by molar-refractivity contribution is 7.89. The summed E-state index contributed by atoms with van der Waals surface area (Å²) in [6, 6.07) is 11.6. The third-order valence-electron chi connectivity index (χ3n) is 4.84. The molecule has 180 valence electrons. The zero-order chi connectivity index (χ0) is 25.0. The second-order valence-corrected chi connectivity index (χ2v) is 9.29. The van der Waals surface area contributed by atoms with E-state index in [-0.39, 0.29) is 23.6 Å². The molecule has 11 heteroatoms. The molecule has 0 saturated carbocycles. The summed E-state index contributed by atoms with van der Waals surface area (Å²) in [6.07, 6.45) is -1.52. The first-order chi connectivity index (χ1) is 16.0. The van der Waals surface area contributed by atoms with Gasteiger partial charge in [0.25, 0.3) is 0 Å². The van der Waals surface area contributed by atoms with Gasteiger partial charge < -0.3 is 14.6 Å². The number of aliphatic carboxylic acids is 1. The van der Waals surface area contributed by atoms with Gasteiger partial charge in [-0.3, -0.25) is 0 Å². The molecule has 3 rings (SSSR count). The van der Waals surface area contributed by atoms with Crippen LogP contribution in [0.15, 0.2) is 65.6 Å². The van der Waals surface area contributed by atoms with Crippen molar-refractivity contribution in [2.75, 3.05) is 14.2 Å². The number of hydrogen-bond acceptors (Lipinski definition) is 5. The Hall–Kier alpha value is -3.57. The number of nitrogens with zero attached hydrogens (tertiary/aromatic N) is 1. The monoisotopic (exact) mass is 495 g/mol. The molecular weight excluding hydrogens is 475 g/mol. The zero-order valence-corrected chi connectivity index (χ0v) is 18.9. The second-order valence-electron chi connectivity index (χ2n) is 7.24. The fourth-order valence-corrected chi connectivity index (χ4v) is 4.25. The molecule has 3 aromatic rings. The average Bonchev–Trinajstić information content (AvgIpc) is 2.79. The molecule has 0 radical (unpaired) electrons. The van der Waals surface area contributed by atoms with Crippen LogP contribution in [0.1, 0.15) is 17.2 Å². The molecule has 34 heavy (non-hydrogen) atoms.